The predicted octanol–water partition coefficient (Wildman–Crippen LogP) is 2.66. The Morgan fingerprint density at radius 3 is 2.55 bits per heavy atom. The third-order valence-corrected chi connectivity index (χ3v) is 3.01. The molecule has 104 valence electrons. The van der Waals surface area contributed by atoms with Crippen LogP contribution in [-0.4, -0.2) is 5.91 Å². The number of nitrogens with one attached hydrogen (secondary N) is 1. The van der Waals surface area contributed by atoms with Crippen LogP contribution in [0.15, 0.2) is 42.5 Å². The molecular formula is C14H12ClFN2O2. The Balaban J connectivity index is 2.02. The Kier molecular flexibility index (Phi) is 4.55. The van der Waals surface area contributed by atoms with E-state index in [1.54, 1.807) is 30.3 Å². The lowest BCUT2D eigenvalue weighted by molar-refractivity contribution is 0.0953. The van der Waals surface area contributed by atoms with Crippen LogP contribution in [0.1, 0.15) is 15.9 Å². The molecule has 0 fully saturated rings. The minimum atomic E-state index is -0.393. The number of hydrogen-bond acceptors (Lipinski definition) is 3. The van der Waals surface area contributed by atoms with Gasteiger partial charge in [0.15, 0.2) is 0 Å². The number of hydrogen-bond donors (Lipinski definition) is 2. The van der Waals surface area contributed by atoms with Gasteiger partial charge in [-0.3, -0.25) is 10.2 Å². The summed E-state index contributed by atoms with van der Waals surface area (Å²) in [7, 11) is 0. The average Bonchev–Trinajstić information content (AvgIpc) is 2.46. The topological polar surface area (TPSA) is 64.3 Å². The highest BCUT2D eigenvalue weighted by atomic mass is 35.5. The van der Waals surface area contributed by atoms with Gasteiger partial charge in [0.1, 0.15) is 18.2 Å². The summed E-state index contributed by atoms with van der Waals surface area (Å²) in [6, 6.07) is 10.6. The minimum Gasteiger partial charge on any atom is -0.489 e. The molecule has 6 heteroatoms. The Morgan fingerprint density at radius 2 is 1.95 bits per heavy atom. The number of hydrazine groups is 1. The van der Waals surface area contributed by atoms with Gasteiger partial charge in [-0.15, -0.1) is 0 Å². The van der Waals surface area contributed by atoms with Gasteiger partial charge in [0, 0.05) is 11.1 Å². The van der Waals surface area contributed by atoms with Crippen molar-refractivity contribution < 1.29 is 13.9 Å². The number of carbonyl (C=O) groups is 1. The fraction of sp³-hybridized carbons (Fsp3) is 0.0714. The number of rotatable bonds is 4. The van der Waals surface area contributed by atoms with Crippen LogP contribution in [0, 0.1) is 5.82 Å². The van der Waals surface area contributed by atoms with Gasteiger partial charge in [-0.05, 0) is 36.4 Å². The molecule has 0 aliphatic carbocycles. The molecule has 4 nitrogen and oxygen atoms in total. The molecule has 0 saturated heterocycles. The largest absolute Gasteiger partial charge is 0.489 e. The van der Waals surface area contributed by atoms with Crippen molar-refractivity contribution in [1.29, 1.82) is 0 Å². The first-order valence-electron chi connectivity index (χ1n) is 5.78. The molecule has 1 amide bonds. The Morgan fingerprint density at radius 1 is 1.25 bits per heavy atom. The number of nitrogens with two attached hydrogens (primary N) is 1. The van der Waals surface area contributed by atoms with Crippen molar-refractivity contribution >= 4 is 17.5 Å². The van der Waals surface area contributed by atoms with Crippen LogP contribution in [0.2, 0.25) is 5.02 Å². The van der Waals surface area contributed by atoms with Crippen molar-refractivity contribution in [3.63, 3.8) is 0 Å². The SMILES string of the molecule is NNC(=O)c1ccc(OCc2ccc(F)cc2Cl)cc1. The lowest BCUT2D eigenvalue weighted by Gasteiger charge is -2.08. The molecular weight excluding hydrogens is 283 g/mol. The second-order valence-electron chi connectivity index (χ2n) is 4.02. The molecule has 0 aliphatic rings. The Labute approximate surface area is 120 Å². The van der Waals surface area contributed by atoms with E-state index >= 15 is 0 Å². The van der Waals surface area contributed by atoms with Gasteiger partial charge in [0.05, 0.1) is 5.02 Å². The zero-order valence-corrected chi connectivity index (χ0v) is 11.2. The maximum atomic E-state index is 12.9. The van der Waals surface area contributed by atoms with Crippen molar-refractivity contribution in [3.8, 4) is 5.75 Å². The van der Waals surface area contributed by atoms with E-state index in [9.17, 15) is 9.18 Å². The fourth-order valence-electron chi connectivity index (χ4n) is 1.59. The number of amides is 1. The van der Waals surface area contributed by atoms with Crippen molar-refractivity contribution in [1.82, 2.24) is 5.43 Å². The number of ether oxygens (including phenoxy) is 1. The third-order valence-electron chi connectivity index (χ3n) is 2.66. The summed E-state index contributed by atoms with van der Waals surface area (Å²) in [6.45, 7) is 0.210. The summed E-state index contributed by atoms with van der Waals surface area (Å²) in [4.78, 5) is 11.3. The molecule has 0 aromatic heterocycles. The van der Waals surface area contributed by atoms with E-state index in [-0.39, 0.29) is 12.5 Å². The molecule has 0 heterocycles. The second kappa shape index (κ2) is 6.36. The smallest absolute Gasteiger partial charge is 0.265 e. The first-order valence-corrected chi connectivity index (χ1v) is 6.15. The van der Waals surface area contributed by atoms with Gasteiger partial charge < -0.3 is 4.74 Å². The van der Waals surface area contributed by atoms with Crippen LogP contribution in [-0.2, 0) is 6.61 Å². The van der Waals surface area contributed by atoms with Gasteiger partial charge in [-0.1, -0.05) is 17.7 Å². The molecule has 2 aromatic carbocycles. The standard InChI is InChI=1S/C14H12ClFN2O2/c15-13-7-11(16)4-1-10(13)8-20-12-5-2-9(3-6-12)14(19)18-17/h1-7H,8,17H2,(H,18,19). The molecule has 3 N–H and O–H groups in total. The van der Waals surface area contributed by atoms with Crippen molar-refractivity contribution in [3.05, 3.63) is 64.4 Å². The van der Waals surface area contributed by atoms with Crippen molar-refractivity contribution in [2.75, 3.05) is 0 Å². The van der Waals surface area contributed by atoms with Crippen LogP contribution in [0.5, 0.6) is 5.75 Å². The van der Waals surface area contributed by atoms with E-state index < -0.39 is 5.82 Å². The zero-order chi connectivity index (χ0) is 14.5. The summed E-state index contributed by atoms with van der Waals surface area (Å²) in [5, 5.41) is 0.309. The number of halogens is 2. The molecule has 0 aliphatic heterocycles. The predicted molar refractivity (Wildman–Crippen MR) is 73.8 cm³/mol. The van der Waals surface area contributed by atoms with Crippen molar-refractivity contribution in [2.45, 2.75) is 6.61 Å². The van der Waals surface area contributed by atoms with Crippen LogP contribution in [0.4, 0.5) is 4.39 Å². The Hall–Kier alpha value is -2.11. The van der Waals surface area contributed by atoms with Gasteiger partial charge in [0.2, 0.25) is 0 Å². The highest BCUT2D eigenvalue weighted by Gasteiger charge is 2.05. The summed E-state index contributed by atoms with van der Waals surface area (Å²) in [5.74, 6) is 4.83. The molecule has 0 unspecified atom stereocenters. The first-order chi connectivity index (χ1) is 9.60. The zero-order valence-electron chi connectivity index (χ0n) is 10.4. The van der Waals surface area contributed by atoms with E-state index in [2.05, 4.69) is 0 Å². The molecule has 2 rings (SSSR count). The van der Waals surface area contributed by atoms with Gasteiger partial charge >= 0.3 is 0 Å². The first kappa shape index (κ1) is 14.3. The minimum absolute atomic E-state index is 0.210. The summed E-state index contributed by atoms with van der Waals surface area (Å²) in [6.07, 6.45) is 0. The highest BCUT2D eigenvalue weighted by molar-refractivity contribution is 6.31. The van der Waals surface area contributed by atoms with Crippen LogP contribution < -0.4 is 16.0 Å². The average molecular weight is 295 g/mol. The Bertz CT molecular complexity index is 617. The second-order valence-corrected chi connectivity index (χ2v) is 4.43. The fourth-order valence-corrected chi connectivity index (χ4v) is 1.81. The monoisotopic (exact) mass is 294 g/mol. The molecule has 0 radical (unpaired) electrons. The maximum Gasteiger partial charge on any atom is 0.265 e. The lowest BCUT2D eigenvalue weighted by atomic mass is 10.2. The number of carbonyl (C=O) groups excluding carboxylic acids is 1. The van der Waals surface area contributed by atoms with E-state index in [4.69, 9.17) is 22.2 Å². The summed E-state index contributed by atoms with van der Waals surface area (Å²) >= 11 is 5.89. The lowest BCUT2D eigenvalue weighted by Crippen LogP contribution is -2.29. The van der Waals surface area contributed by atoms with Crippen molar-refractivity contribution in [2.24, 2.45) is 5.84 Å². The third kappa shape index (κ3) is 3.46. The molecule has 2 aromatic rings. The van der Waals surface area contributed by atoms with Gasteiger partial charge in [0.25, 0.3) is 5.91 Å². The van der Waals surface area contributed by atoms with E-state index in [0.717, 1.165) is 0 Å². The quantitative estimate of drug-likeness (QED) is 0.518. The van der Waals surface area contributed by atoms with Crippen LogP contribution in [0.25, 0.3) is 0 Å². The number of benzene rings is 2. The number of nitrogen functional groups attached to an aromatic ring is 1. The van der Waals surface area contributed by atoms with E-state index in [0.29, 0.717) is 21.9 Å². The molecule has 0 saturated carbocycles. The van der Waals surface area contributed by atoms with E-state index in [1.807, 2.05) is 5.43 Å². The van der Waals surface area contributed by atoms with E-state index in [1.165, 1.54) is 12.1 Å². The van der Waals surface area contributed by atoms with Gasteiger partial charge in [-0.2, -0.15) is 0 Å². The molecule has 0 bridgehead atoms. The normalized spacial score (nSPS) is 10.2. The van der Waals surface area contributed by atoms with Crippen LogP contribution in [0.3, 0.4) is 0 Å². The molecule has 20 heavy (non-hydrogen) atoms. The summed E-state index contributed by atoms with van der Waals surface area (Å²) in [5.41, 5.74) is 3.15. The highest BCUT2D eigenvalue weighted by Crippen LogP contribution is 2.20. The molecule has 0 spiro atoms. The van der Waals surface area contributed by atoms with Crippen LogP contribution >= 0.6 is 11.6 Å². The van der Waals surface area contributed by atoms with Gasteiger partial charge in [-0.25, -0.2) is 10.2 Å². The molecule has 0 atom stereocenters. The maximum absolute atomic E-state index is 12.9. The summed E-state index contributed by atoms with van der Waals surface area (Å²) < 4.78 is 18.4.